The molecule has 26 heavy (non-hydrogen) atoms. The van der Waals surface area contributed by atoms with Crippen molar-refractivity contribution in [2.24, 2.45) is 7.05 Å². The zero-order valence-electron chi connectivity index (χ0n) is 15.1. The molecule has 2 N–H and O–H groups in total. The van der Waals surface area contributed by atoms with Crippen molar-refractivity contribution in [3.63, 3.8) is 0 Å². The molecule has 0 aliphatic rings. The number of aryl methyl sites for hydroxylation is 3. The van der Waals surface area contributed by atoms with E-state index in [1.807, 2.05) is 45.3 Å². The van der Waals surface area contributed by atoms with Crippen LogP contribution >= 0.6 is 12.4 Å². The van der Waals surface area contributed by atoms with Gasteiger partial charge in [0.05, 0.1) is 11.9 Å². The van der Waals surface area contributed by atoms with Crippen LogP contribution < -0.4 is 10.6 Å². The summed E-state index contributed by atoms with van der Waals surface area (Å²) in [5, 5.41) is 10.1. The Kier molecular flexibility index (Phi) is 6.18. The summed E-state index contributed by atoms with van der Waals surface area (Å²) in [5.41, 5.74) is 4.19. The highest BCUT2D eigenvalue weighted by Gasteiger charge is 2.20. The number of amides is 1. The van der Waals surface area contributed by atoms with Crippen LogP contribution in [0.25, 0.3) is 11.5 Å². The molecular formula is C18H22ClN5O2. The number of nitrogens with zero attached hydrogens (tertiary/aromatic N) is 3. The van der Waals surface area contributed by atoms with E-state index in [1.54, 1.807) is 24.2 Å². The number of hydrogen-bond donors (Lipinski definition) is 2. The lowest BCUT2D eigenvalue weighted by molar-refractivity contribution is -0.118. The van der Waals surface area contributed by atoms with E-state index in [9.17, 15) is 4.79 Å². The van der Waals surface area contributed by atoms with Gasteiger partial charge < -0.3 is 15.1 Å². The Hall–Kier alpha value is -2.64. The lowest BCUT2D eigenvalue weighted by atomic mass is 10.1. The SMILES string of the molecule is CNC(C(=O)Nc1ccc(C)c(-c2nc(C)co2)c1)c1cnn(C)c1.Cl. The highest BCUT2D eigenvalue weighted by atomic mass is 35.5. The molecule has 0 radical (unpaired) electrons. The summed E-state index contributed by atoms with van der Waals surface area (Å²) in [6.07, 6.45) is 5.10. The Morgan fingerprint density at radius 1 is 1.31 bits per heavy atom. The van der Waals surface area contributed by atoms with E-state index in [0.29, 0.717) is 11.6 Å². The molecule has 0 saturated carbocycles. The maximum atomic E-state index is 12.6. The molecule has 0 saturated heterocycles. The fourth-order valence-electron chi connectivity index (χ4n) is 2.66. The van der Waals surface area contributed by atoms with Gasteiger partial charge in [-0.1, -0.05) is 6.07 Å². The summed E-state index contributed by atoms with van der Waals surface area (Å²) in [6.45, 7) is 3.85. The van der Waals surface area contributed by atoms with E-state index in [2.05, 4.69) is 20.7 Å². The number of oxazole rings is 1. The fourth-order valence-corrected chi connectivity index (χ4v) is 2.66. The third-order valence-corrected chi connectivity index (χ3v) is 3.96. The molecule has 1 aromatic carbocycles. The predicted octanol–water partition coefficient (Wildman–Crippen LogP) is 3.01. The molecule has 7 nitrogen and oxygen atoms in total. The average Bonchev–Trinajstić information content (AvgIpc) is 3.19. The molecule has 138 valence electrons. The number of benzene rings is 1. The van der Waals surface area contributed by atoms with E-state index in [4.69, 9.17) is 4.42 Å². The van der Waals surface area contributed by atoms with Gasteiger partial charge in [0, 0.05) is 30.1 Å². The van der Waals surface area contributed by atoms with Crippen LogP contribution in [-0.4, -0.2) is 27.7 Å². The first-order chi connectivity index (χ1) is 12.0. The van der Waals surface area contributed by atoms with Crippen molar-refractivity contribution in [3.05, 3.63) is 53.7 Å². The van der Waals surface area contributed by atoms with Crippen LogP contribution in [0, 0.1) is 13.8 Å². The van der Waals surface area contributed by atoms with Crippen LogP contribution in [0.1, 0.15) is 22.9 Å². The summed E-state index contributed by atoms with van der Waals surface area (Å²) < 4.78 is 7.15. The number of carbonyl (C=O) groups excluding carboxylic acids is 1. The van der Waals surface area contributed by atoms with Crippen molar-refractivity contribution in [2.45, 2.75) is 19.9 Å². The molecule has 0 fully saturated rings. The number of hydrogen-bond acceptors (Lipinski definition) is 5. The normalized spacial score (nSPS) is 11.7. The Labute approximate surface area is 158 Å². The quantitative estimate of drug-likeness (QED) is 0.716. The van der Waals surface area contributed by atoms with Gasteiger partial charge in [-0.2, -0.15) is 5.10 Å². The smallest absolute Gasteiger partial charge is 0.246 e. The Bertz CT molecular complexity index is 903. The van der Waals surface area contributed by atoms with Gasteiger partial charge in [-0.15, -0.1) is 12.4 Å². The second-order valence-electron chi connectivity index (χ2n) is 5.98. The Morgan fingerprint density at radius 2 is 2.08 bits per heavy atom. The molecule has 1 amide bonds. The molecule has 2 aromatic heterocycles. The van der Waals surface area contributed by atoms with Crippen LogP contribution in [0.4, 0.5) is 5.69 Å². The number of anilines is 1. The minimum atomic E-state index is -0.484. The highest BCUT2D eigenvalue weighted by Crippen LogP contribution is 2.26. The maximum absolute atomic E-state index is 12.6. The Balaban J connectivity index is 0.00000243. The van der Waals surface area contributed by atoms with Crippen molar-refractivity contribution >= 4 is 24.0 Å². The second kappa shape index (κ2) is 8.16. The molecule has 8 heteroatoms. The second-order valence-corrected chi connectivity index (χ2v) is 5.98. The fraction of sp³-hybridized carbons (Fsp3) is 0.278. The summed E-state index contributed by atoms with van der Waals surface area (Å²) in [6, 6.07) is 5.18. The van der Waals surface area contributed by atoms with Gasteiger partial charge in [0.25, 0.3) is 0 Å². The molecule has 0 bridgehead atoms. The van der Waals surface area contributed by atoms with E-state index in [0.717, 1.165) is 22.4 Å². The molecule has 3 aromatic rings. The zero-order chi connectivity index (χ0) is 18.0. The average molecular weight is 376 g/mol. The maximum Gasteiger partial charge on any atom is 0.246 e. The third kappa shape index (κ3) is 4.12. The first-order valence-corrected chi connectivity index (χ1v) is 7.97. The topological polar surface area (TPSA) is 85.0 Å². The summed E-state index contributed by atoms with van der Waals surface area (Å²) >= 11 is 0. The van der Waals surface area contributed by atoms with Crippen molar-refractivity contribution in [2.75, 3.05) is 12.4 Å². The van der Waals surface area contributed by atoms with E-state index < -0.39 is 6.04 Å². The van der Waals surface area contributed by atoms with Gasteiger partial charge in [-0.25, -0.2) is 4.98 Å². The van der Waals surface area contributed by atoms with Crippen LogP contribution in [0.15, 0.2) is 41.3 Å². The molecule has 2 heterocycles. The van der Waals surface area contributed by atoms with Crippen molar-refractivity contribution < 1.29 is 9.21 Å². The van der Waals surface area contributed by atoms with Gasteiger partial charge >= 0.3 is 0 Å². The molecule has 3 rings (SSSR count). The van der Waals surface area contributed by atoms with Crippen molar-refractivity contribution in [3.8, 4) is 11.5 Å². The molecule has 0 aliphatic carbocycles. The highest BCUT2D eigenvalue weighted by molar-refractivity contribution is 5.96. The van der Waals surface area contributed by atoms with Crippen LogP contribution in [0.2, 0.25) is 0 Å². The summed E-state index contributed by atoms with van der Waals surface area (Å²) in [5.74, 6) is 0.386. The van der Waals surface area contributed by atoms with Gasteiger partial charge in [0.15, 0.2) is 0 Å². The van der Waals surface area contributed by atoms with Crippen LogP contribution in [0.3, 0.4) is 0 Å². The lowest BCUT2D eigenvalue weighted by Gasteiger charge is -2.15. The minimum absolute atomic E-state index is 0. The predicted molar refractivity (Wildman–Crippen MR) is 102 cm³/mol. The number of likely N-dealkylation sites (N-methyl/N-ethyl adjacent to an activating group) is 1. The number of carbonyl (C=O) groups is 1. The van der Waals surface area contributed by atoms with E-state index >= 15 is 0 Å². The van der Waals surface area contributed by atoms with Gasteiger partial charge in [0.1, 0.15) is 12.3 Å². The zero-order valence-corrected chi connectivity index (χ0v) is 15.9. The van der Waals surface area contributed by atoms with E-state index in [1.165, 1.54) is 0 Å². The van der Waals surface area contributed by atoms with Gasteiger partial charge in [-0.3, -0.25) is 9.48 Å². The standard InChI is InChI=1S/C18H21N5O2.ClH/c1-11-5-6-14(7-15(11)18-21-12(2)10-25-18)22-17(24)16(19-3)13-8-20-23(4)9-13;/h5-10,16,19H,1-4H3,(H,22,24);1H. The van der Waals surface area contributed by atoms with Crippen LogP contribution in [-0.2, 0) is 11.8 Å². The molecule has 0 aliphatic heterocycles. The first-order valence-electron chi connectivity index (χ1n) is 7.97. The summed E-state index contributed by atoms with van der Waals surface area (Å²) in [7, 11) is 3.56. The molecular weight excluding hydrogens is 354 g/mol. The van der Waals surface area contributed by atoms with Gasteiger partial charge in [-0.05, 0) is 38.6 Å². The van der Waals surface area contributed by atoms with Gasteiger partial charge in [0.2, 0.25) is 11.8 Å². The lowest BCUT2D eigenvalue weighted by Crippen LogP contribution is -2.30. The summed E-state index contributed by atoms with van der Waals surface area (Å²) in [4.78, 5) is 17.0. The number of halogens is 1. The van der Waals surface area contributed by atoms with Crippen molar-refractivity contribution in [1.29, 1.82) is 0 Å². The molecule has 0 spiro atoms. The third-order valence-electron chi connectivity index (χ3n) is 3.96. The largest absolute Gasteiger partial charge is 0.444 e. The number of rotatable bonds is 5. The number of aromatic nitrogens is 3. The first kappa shape index (κ1) is 19.7. The number of nitrogens with one attached hydrogen (secondary N) is 2. The van der Waals surface area contributed by atoms with Crippen molar-refractivity contribution in [1.82, 2.24) is 20.1 Å². The Morgan fingerprint density at radius 3 is 2.65 bits per heavy atom. The molecule has 1 unspecified atom stereocenters. The minimum Gasteiger partial charge on any atom is -0.444 e. The van der Waals surface area contributed by atoms with E-state index in [-0.39, 0.29) is 18.3 Å². The monoisotopic (exact) mass is 375 g/mol. The molecule has 1 atom stereocenters. The van der Waals surface area contributed by atoms with Crippen LogP contribution in [0.5, 0.6) is 0 Å².